The lowest BCUT2D eigenvalue weighted by molar-refractivity contribution is 0.703. The average molecular weight is 272 g/mol. The van der Waals surface area contributed by atoms with Crippen LogP contribution in [0.2, 0.25) is 0 Å². The maximum Gasteiger partial charge on any atom is 0.0411 e. The quantitative estimate of drug-likeness (QED) is 0.822. The van der Waals surface area contributed by atoms with Crippen molar-refractivity contribution in [2.45, 2.75) is 19.3 Å². The molecule has 1 N–H and O–H groups in total. The molecule has 2 heterocycles. The van der Waals surface area contributed by atoms with Crippen LogP contribution in [0.5, 0.6) is 0 Å². The molecule has 1 aromatic rings. The molecule has 1 aromatic heterocycles. The second-order valence-electron chi connectivity index (χ2n) is 3.54. The Morgan fingerprint density at radius 1 is 1.36 bits per heavy atom. The number of nitrogens with one attached hydrogen (secondary N) is 1. The van der Waals surface area contributed by atoms with Crippen molar-refractivity contribution in [1.82, 2.24) is 5.32 Å². The van der Waals surface area contributed by atoms with Gasteiger partial charge in [-0.2, -0.15) is 0 Å². The van der Waals surface area contributed by atoms with E-state index in [1.54, 1.807) is 16.9 Å². The summed E-state index contributed by atoms with van der Waals surface area (Å²) < 4.78 is 1.23. The molecule has 76 valence electrons. The molecule has 0 aliphatic carbocycles. The van der Waals surface area contributed by atoms with Crippen LogP contribution in [0, 0.1) is 0 Å². The van der Waals surface area contributed by atoms with Gasteiger partial charge in [-0.3, -0.25) is 0 Å². The topological polar surface area (TPSA) is 12.0 Å². The molecule has 1 nitrogen and oxygen atoms in total. The van der Waals surface area contributed by atoms with Gasteiger partial charge in [0.05, 0.1) is 0 Å². The molecule has 1 saturated heterocycles. The number of halogens is 1. The largest absolute Gasteiger partial charge is 0.316 e. The van der Waals surface area contributed by atoms with Crippen LogP contribution in [0.4, 0.5) is 0 Å². The predicted molar refractivity (Wildman–Crippen MR) is 66.7 cm³/mol. The molecule has 0 aromatic carbocycles. The summed E-state index contributed by atoms with van der Waals surface area (Å²) in [6.45, 7) is 2.30. The van der Waals surface area contributed by atoms with Crippen LogP contribution in [-0.4, -0.2) is 13.1 Å². The number of rotatable bonds is 1. The second kappa shape index (κ2) is 5.10. The molecule has 3 heteroatoms. The van der Waals surface area contributed by atoms with Gasteiger partial charge in [0.15, 0.2) is 0 Å². The second-order valence-corrected chi connectivity index (χ2v) is 5.34. The van der Waals surface area contributed by atoms with Crippen molar-refractivity contribution in [3.63, 3.8) is 0 Å². The summed E-state index contributed by atoms with van der Waals surface area (Å²) in [4.78, 5) is 1.36. The first kappa shape index (κ1) is 10.4. The van der Waals surface area contributed by atoms with Crippen LogP contribution in [0.3, 0.4) is 0 Å². The fourth-order valence-electron chi connectivity index (χ4n) is 1.68. The Morgan fingerprint density at radius 2 is 2.29 bits per heavy atom. The highest BCUT2D eigenvalue weighted by Crippen LogP contribution is 2.27. The third-order valence-electron chi connectivity index (χ3n) is 2.45. The molecule has 2 rings (SSSR count). The number of thiophene rings is 1. The van der Waals surface area contributed by atoms with E-state index >= 15 is 0 Å². The van der Waals surface area contributed by atoms with Crippen LogP contribution in [-0.2, 0) is 0 Å². The van der Waals surface area contributed by atoms with Gasteiger partial charge >= 0.3 is 0 Å². The van der Waals surface area contributed by atoms with Gasteiger partial charge in [0.1, 0.15) is 0 Å². The normalized spacial score (nSPS) is 21.1. The van der Waals surface area contributed by atoms with Crippen LogP contribution >= 0.6 is 27.3 Å². The molecule has 1 aliphatic heterocycles. The number of hydrogen-bond donors (Lipinski definition) is 1. The van der Waals surface area contributed by atoms with Crippen molar-refractivity contribution in [1.29, 1.82) is 0 Å². The summed E-state index contributed by atoms with van der Waals surface area (Å²) in [6, 6.07) is 2.12. The van der Waals surface area contributed by atoms with Gasteiger partial charge in [0, 0.05) is 9.35 Å². The van der Waals surface area contributed by atoms with Crippen molar-refractivity contribution in [3.8, 4) is 0 Å². The summed E-state index contributed by atoms with van der Waals surface area (Å²) in [5, 5.41) is 5.55. The number of hydrogen-bond acceptors (Lipinski definition) is 2. The first-order valence-corrected chi connectivity index (χ1v) is 6.67. The van der Waals surface area contributed by atoms with Gasteiger partial charge in [-0.25, -0.2) is 0 Å². The van der Waals surface area contributed by atoms with Crippen LogP contribution in [0.1, 0.15) is 24.1 Å². The zero-order valence-corrected chi connectivity index (χ0v) is 10.5. The zero-order chi connectivity index (χ0) is 9.80. The molecule has 0 saturated carbocycles. The molecule has 0 radical (unpaired) electrons. The Kier molecular flexibility index (Phi) is 3.79. The summed E-state index contributed by atoms with van der Waals surface area (Å²) in [5.41, 5.74) is 1.58. The van der Waals surface area contributed by atoms with E-state index in [4.69, 9.17) is 0 Å². The van der Waals surface area contributed by atoms with Gasteiger partial charge in [0.25, 0.3) is 0 Å². The summed E-state index contributed by atoms with van der Waals surface area (Å²) in [7, 11) is 0. The van der Waals surface area contributed by atoms with Crippen molar-refractivity contribution in [3.05, 3.63) is 26.4 Å². The van der Waals surface area contributed by atoms with Crippen molar-refractivity contribution < 1.29 is 0 Å². The molecule has 0 amide bonds. The van der Waals surface area contributed by atoms with E-state index in [0.717, 1.165) is 6.54 Å². The Morgan fingerprint density at radius 3 is 3.07 bits per heavy atom. The molecule has 0 bridgehead atoms. The van der Waals surface area contributed by atoms with Gasteiger partial charge in [-0.15, -0.1) is 11.3 Å². The Labute approximate surface area is 97.3 Å². The summed E-state index contributed by atoms with van der Waals surface area (Å²) in [6.07, 6.45) is 6.07. The molecule has 14 heavy (non-hydrogen) atoms. The van der Waals surface area contributed by atoms with Gasteiger partial charge in [-0.1, -0.05) is 5.57 Å². The van der Waals surface area contributed by atoms with Gasteiger partial charge in [0.2, 0.25) is 0 Å². The smallest absolute Gasteiger partial charge is 0.0411 e. The van der Waals surface area contributed by atoms with E-state index in [1.807, 2.05) is 0 Å². The minimum absolute atomic E-state index is 1.13. The van der Waals surface area contributed by atoms with Gasteiger partial charge in [-0.05, 0) is 65.8 Å². The first-order valence-electron chi connectivity index (χ1n) is 4.99. The third-order valence-corrected chi connectivity index (χ3v) is 4.27. The van der Waals surface area contributed by atoms with Crippen molar-refractivity contribution >= 4 is 33.3 Å². The molecular weight excluding hydrogens is 258 g/mol. The Bertz CT molecular complexity index is 320. The Hall–Kier alpha value is -0.120. The van der Waals surface area contributed by atoms with Crippen LogP contribution in [0.15, 0.2) is 21.5 Å². The highest BCUT2D eigenvalue weighted by atomic mass is 79.9. The molecule has 1 aliphatic rings. The van der Waals surface area contributed by atoms with E-state index in [-0.39, 0.29) is 0 Å². The molecule has 0 unspecified atom stereocenters. The minimum atomic E-state index is 1.13. The Balaban J connectivity index is 2.12. The SMILES string of the molecule is Brc1ccsc1/C=C1/CCCNCC1. The van der Waals surface area contributed by atoms with Gasteiger partial charge < -0.3 is 5.32 Å². The predicted octanol–water partition coefficient (Wildman–Crippen LogP) is 3.67. The molecule has 0 spiro atoms. The summed E-state index contributed by atoms with van der Waals surface area (Å²) >= 11 is 5.37. The zero-order valence-electron chi connectivity index (χ0n) is 8.05. The minimum Gasteiger partial charge on any atom is -0.316 e. The van der Waals surface area contributed by atoms with Crippen molar-refractivity contribution in [2.24, 2.45) is 0 Å². The van der Waals surface area contributed by atoms with Crippen LogP contribution < -0.4 is 5.32 Å². The maximum atomic E-state index is 3.56. The lowest BCUT2D eigenvalue weighted by atomic mass is 10.1. The fourth-order valence-corrected chi connectivity index (χ4v) is 3.15. The lowest BCUT2D eigenvalue weighted by Crippen LogP contribution is -2.13. The molecule has 0 atom stereocenters. The average Bonchev–Trinajstić information content (AvgIpc) is 2.44. The van der Waals surface area contributed by atoms with E-state index in [0.29, 0.717) is 0 Å². The fraction of sp³-hybridized carbons (Fsp3) is 0.455. The third kappa shape index (κ3) is 2.69. The monoisotopic (exact) mass is 271 g/mol. The maximum absolute atomic E-state index is 3.56. The first-order chi connectivity index (χ1) is 6.86. The van der Waals surface area contributed by atoms with E-state index in [1.165, 1.54) is 35.2 Å². The highest BCUT2D eigenvalue weighted by molar-refractivity contribution is 9.10. The lowest BCUT2D eigenvalue weighted by Gasteiger charge is -2.00. The van der Waals surface area contributed by atoms with Crippen molar-refractivity contribution in [2.75, 3.05) is 13.1 Å². The highest BCUT2D eigenvalue weighted by Gasteiger charge is 2.05. The molecular formula is C11H14BrNS. The van der Waals surface area contributed by atoms with E-state index in [2.05, 4.69) is 38.8 Å². The molecule has 1 fully saturated rings. The van der Waals surface area contributed by atoms with E-state index < -0.39 is 0 Å². The van der Waals surface area contributed by atoms with Crippen LogP contribution in [0.25, 0.3) is 6.08 Å². The van der Waals surface area contributed by atoms with E-state index in [9.17, 15) is 0 Å². The summed E-state index contributed by atoms with van der Waals surface area (Å²) in [5.74, 6) is 0. The standard InChI is InChI=1S/C11H14BrNS/c12-10-4-7-14-11(10)8-9-2-1-5-13-6-3-9/h4,7-8,13H,1-3,5-6H2/b9-8-.